The maximum absolute atomic E-state index is 5.51. The lowest BCUT2D eigenvalue weighted by Gasteiger charge is -2.44. The van der Waals surface area contributed by atoms with Gasteiger partial charge in [0.2, 0.25) is 0 Å². The van der Waals surface area contributed by atoms with Gasteiger partial charge in [0.1, 0.15) is 0 Å². The number of hydrogen-bond acceptors (Lipinski definition) is 2. The van der Waals surface area contributed by atoms with Crippen molar-refractivity contribution < 1.29 is 4.74 Å². The Balaban J connectivity index is 2.60. The van der Waals surface area contributed by atoms with Gasteiger partial charge < -0.3 is 4.74 Å². The summed E-state index contributed by atoms with van der Waals surface area (Å²) in [5.41, 5.74) is 0.405. The Labute approximate surface area is 88.6 Å². The fourth-order valence-corrected chi connectivity index (χ4v) is 2.37. The molecule has 1 saturated heterocycles. The summed E-state index contributed by atoms with van der Waals surface area (Å²) in [6.07, 6.45) is 2.84. The van der Waals surface area contributed by atoms with Gasteiger partial charge in [-0.1, -0.05) is 20.8 Å². The lowest BCUT2D eigenvalue weighted by atomic mass is 9.82. The minimum absolute atomic E-state index is 0.405. The standard InChI is InChI=1S/C12H25NO/c1-6-10(2)13-8-11(14-5)7-12(3,4)9-13/h10-11H,6-9H2,1-5H3. The smallest absolute Gasteiger partial charge is 0.0703 e. The predicted molar refractivity (Wildman–Crippen MR) is 60.5 cm³/mol. The number of rotatable bonds is 3. The molecule has 0 saturated carbocycles. The minimum Gasteiger partial charge on any atom is -0.380 e. The molecule has 2 atom stereocenters. The third kappa shape index (κ3) is 2.96. The van der Waals surface area contributed by atoms with Crippen molar-refractivity contribution in [2.24, 2.45) is 5.41 Å². The van der Waals surface area contributed by atoms with E-state index in [9.17, 15) is 0 Å². The third-order valence-corrected chi connectivity index (χ3v) is 3.40. The number of nitrogens with zero attached hydrogens (tertiary/aromatic N) is 1. The zero-order chi connectivity index (χ0) is 10.8. The van der Waals surface area contributed by atoms with Gasteiger partial charge in [-0.2, -0.15) is 0 Å². The molecule has 0 aromatic heterocycles. The molecule has 1 fully saturated rings. The lowest BCUT2D eigenvalue weighted by Crippen LogP contribution is -2.50. The number of ether oxygens (including phenoxy) is 1. The van der Waals surface area contributed by atoms with Crippen LogP contribution in [0.15, 0.2) is 0 Å². The summed E-state index contributed by atoms with van der Waals surface area (Å²) in [5.74, 6) is 0. The van der Waals surface area contributed by atoms with Crippen molar-refractivity contribution in [3.8, 4) is 0 Å². The highest BCUT2D eigenvalue weighted by Crippen LogP contribution is 2.31. The molecule has 2 unspecified atom stereocenters. The molecule has 0 bridgehead atoms. The van der Waals surface area contributed by atoms with Gasteiger partial charge in [0.15, 0.2) is 0 Å². The van der Waals surface area contributed by atoms with Crippen molar-refractivity contribution in [2.45, 2.75) is 52.7 Å². The van der Waals surface area contributed by atoms with Gasteiger partial charge >= 0.3 is 0 Å². The van der Waals surface area contributed by atoms with Crippen LogP contribution in [0.2, 0.25) is 0 Å². The normalized spacial score (nSPS) is 30.2. The monoisotopic (exact) mass is 199 g/mol. The van der Waals surface area contributed by atoms with Crippen LogP contribution < -0.4 is 0 Å². The maximum Gasteiger partial charge on any atom is 0.0703 e. The fourth-order valence-electron chi connectivity index (χ4n) is 2.37. The molecule has 2 heteroatoms. The molecular formula is C12H25NO. The Bertz CT molecular complexity index is 179. The second kappa shape index (κ2) is 4.63. The largest absolute Gasteiger partial charge is 0.380 e. The fraction of sp³-hybridized carbons (Fsp3) is 1.00. The summed E-state index contributed by atoms with van der Waals surface area (Å²) in [7, 11) is 1.83. The molecule has 0 spiro atoms. The van der Waals surface area contributed by atoms with Crippen molar-refractivity contribution in [1.82, 2.24) is 4.90 Å². The predicted octanol–water partition coefficient (Wildman–Crippen LogP) is 2.53. The van der Waals surface area contributed by atoms with Gasteiger partial charge in [0.25, 0.3) is 0 Å². The van der Waals surface area contributed by atoms with Crippen LogP contribution in [0.4, 0.5) is 0 Å². The highest BCUT2D eigenvalue weighted by atomic mass is 16.5. The summed E-state index contributed by atoms with van der Waals surface area (Å²) < 4.78 is 5.51. The lowest BCUT2D eigenvalue weighted by molar-refractivity contribution is -0.0333. The van der Waals surface area contributed by atoms with E-state index in [1.165, 1.54) is 19.4 Å². The van der Waals surface area contributed by atoms with Crippen LogP contribution in [0.5, 0.6) is 0 Å². The molecule has 1 rings (SSSR count). The van der Waals surface area contributed by atoms with Crippen LogP contribution in [0.1, 0.15) is 40.5 Å². The molecule has 84 valence electrons. The van der Waals surface area contributed by atoms with E-state index in [1.54, 1.807) is 0 Å². The average Bonchev–Trinajstić information content (AvgIpc) is 2.14. The van der Waals surface area contributed by atoms with Crippen LogP contribution in [0.25, 0.3) is 0 Å². The van der Waals surface area contributed by atoms with Gasteiger partial charge in [-0.05, 0) is 25.2 Å². The van der Waals surface area contributed by atoms with Crippen LogP contribution >= 0.6 is 0 Å². The molecule has 0 aliphatic carbocycles. The molecule has 0 radical (unpaired) electrons. The third-order valence-electron chi connectivity index (χ3n) is 3.40. The molecule has 14 heavy (non-hydrogen) atoms. The van der Waals surface area contributed by atoms with Gasteiger partial charge in [-0.3, -0.25) is 4.90 Å². The molecule has 1 aliphatic rings. The second-order valence-corrected chi connectivity index (χ2v) is 5.41. The van der Waals surface area contributed by atoms with E-state index in [1.807, 2.05) is 7.11 Å². The molecule has 1 heterocycles. The van der Waals surface area contributed by atoms with Gasteiger partial charge in [-0.15, -0.1) is 0 Å². The van der Waals surface area contributed by atoms with E-state index in [4.69, 9.17) is 4.74 Å². The Kier molecular flexibility index (Phi) is 3.96. The summed E-state index contributed by atoms with van der Waals surface area (Å²) in [4.78, 5) is 2.57. The zero-order valence-corrected chi connectivity index (χ0v) is 10.3. The Hall–Kier alpha value is -0.0800. The highest BCUT2D eigenvalue weighted by molar-refractivity contribution is 4.87. The molecular weight excluding hydrogens is 174 g/mol. The van der Waals surface area contributed by atoms with Gasteiger partial charge in [-0.25, -0.2) is 0 Å². The molecule has 0 aromatic carbocycles. The highest BCUT2D eigenvalue weighted by Gasteiger charge is 2.33. The molecule has 0 amide bonds. The SMILES string of the molecule is CCC(C)N1CC(OC)CC(C)(C)C1. The zero-order valence-electron chi connectivity index (χ0n) is 10.3. The molecule has 2 nitrogen and oxygen atoms in total. The first-order valence-electron chi connectivity index (χ1n) is 5.75. The number of hydrogen-bond donors (Lipinski definition) is 0. The first-order chi connectivity index (χ1) is 6.48. The second-order valence-electron chi connectivity index (χ2n) is 5.41. The summed E-state index contributed by atoms with van der Waals surface area (Å²) in [6.45, 7) is 11.6. The van der Waals surface area contributed by atoms with E-state index < -0.39 is 0 Å². The van der Waals surface area contributed by atoms with Crippen molar-refractivity contribution in [1.29, 1.82) is 0 Å². The molecule has 0 aromatic rings. The van der Waals surface area contributed by atoms with Crippen molar-refractivity contribution in [3.05, 3.63) is 0 Å². The van der Waals surface area contributed by atoms with E-state index in [0.29, 0.717) is 17.6 Å². The number of methoxy groups -OCH3 is 1. The molecule has 1 aliphatic heterocycles. The van der Waals surface area contributed by atoms with Crippen molar-refractivity contribution in [3.63, 3.8) is 0 Å². The van der Waals surface area contributed by atoms with Gasteiger partial charge in [0.05, 0.1) is 6.10 Å². The Morgan fingerprint density at radius 2 is 2.14 bits per heavy atom. The van der Waals surface area contributed by atoms with Crippen LogP contribution in [0, 0.1) is 5.41 Å². The van der Waals surface area contributed by atoms with Crippen molar-refractivity contribution >= 4 is 0 Å². The van der Waals surface area contributed by atoms with E-state index in [-0.39, 0.29) is 0 Å². The molecule has 0 N–H and O–H groups in total. The Morgan fingerprint density at radius 3 is 2.64 bits per heavy atom. The first kappa shape index (κ1) is 12.0. The first-order valence-corrected chi connectivity index (χ1v) is 5.75. The summed E-state index contributed by atoms with van der Waals surface area (Å²) in [6, 6.07) is 0.687. The van der Waals surface area contributed by atoms with E-state index >= 15 is 0 Å². The quantitative estimate of drug-likeness (QED) is 0.692. The minimum atomic E-state index is 0.405. The van der Waals surface area contributed by atoms with Crippen LogP contribution in [0.3, 0.4) is 0 Å². The van der Waals surface area contributed by atoms with Gasteiger partial charge in [0, 0.05) is 26.2 Å². The van der Waals surface area contributed by atoms with Crippen molar-refractivity contribution in [2.75, 3.05) is 20.2 Å². The Morgan fingerprint density at radius 1 is 1.50 bits per heavy atom. The summed E-state index contributed by atoms with van der Waals surface area (Å²) >= 11 is 0. The van der Waals surface area contributed by atoms with Crippen LogP contribution in [-0.2, 0) is 4.74 Å². The average molecular weight is 199 g/mol. The summed E-state index contributed by atoms with van der Waals surface area (Å²) in [5, 5.41) is 0. The number of likely N-dealkylation sites (tertiary alicyclic amines) is 1. The van der Waals surface area contributed by atoms with Crippen LogP contribution in [-0.4, -0.2) is 37.2 Å². The van der Waals surface area contributed by atoms with E-state index in [0.717, 1.165) is 6.54 Å². The maximum atomic E-state index is 5.51. The van der Waals surface area contributed by atoms with E-state index in [2.05, 4.69) is 32.6 Å². The topological polar surface area (TPSA) is 12.5 Å². The number of piperidine rings is 1.